The summed E-state index contributed by atoms with van der Waals surface area (Å²) in [5.41, 5.74) is 1.04. The summed E-state index contributed by atoms with van der Waals surface area (Å²) in [6.45, 7) is 2.35. The van der Waals surface area contributed by atoms with Crippen molar-refractivity contribution in [2.75, 3.05) is 23.7 Å². The zero-order valence-electron chi connectivity index (χ0n) is 24.6. The lowest BCUT2D eigenvalue weighted by Crippen LogP contribution is -2.37. The van der Waals surface area contributed by atoms with Gasteiger partial charge in [-0.25, -0.2) is 33.7 Å². The Morgan fingerprint density at radius 2 is 1.78 bits per heavy atom. The summed E-state index contributed by atoms with van der Waals surface area (Å²) in [4.78, 5) is 49.7. The predicted octanol–water partition coefficient (Wildman–Crippen LogP) is 4.01. The van der Waals surface area contributed by atoms with Crippen molar-refractivity contribution in [2.45, 2.75) is 37.9 Å². The molecule has 6 rings (SSSR count). The van der Waals surface area contributed by atoms with Gasteiger partial charge in [0.1, 0.15) is 18.2 Å². The van der Waals surface area contributed by atoms with Crippen molar-refractivity contribution in [1.82, 2.24) is 30.2 Å². The molecule has 3 heterocycles. The zero-order chi connectivity index (χ0) is 32.2. The number of para-hydroxylation sites is 1. The van der Waals surface area contributed by atoms with Crippen LogP contribution in [0.3, 0.4) is 0 Å². The molecule has 2 aromatic heterocycles. The van der Waals surface area contributed by atoms with Crippen LogP contribution in [0.5, 0.6) is 0 Å². The number of fused-ring (bicyclic) bond motifs is 2. The number of aromatic carboxylic acids is 1. The van der Waals surface area contributed by atoms with Gasteiger partial charge in [-0.05, 0) is 37.1 Å². The second-order valence-corrected chi connectivity index (χ2v) is 10.7. The lowest BCUT2D eigenvalue weighted by molar-refractivity contribution is -0.0496. The molecule has 0 spiro atoms. The van der Waals surface area contributed by atoms with Crippen molar-refractivity contribution in [3.8, 4) is 0 Å². The third-order valence-electron chi connectivity index (χ3n) is 7.83. The van der Waals surface area contributed by atoms with Crippen LogP contribution in [0.1, 0.15) is 35.3 Å². The molecule has 1 saturated heterocycles. The average Bonchev–Trinajstić information content (AvgIpc) is 3.75. The number of hydrogen-bond acceptors (Lipinski definition) is 8. The number of carboxylic acid groups (broad SMARTS) is 1. The highest BCUT2D eigenvalue weighted by atomic mass is 19.1. The van der Waals surface area contributed by atoms with E-state index >= 15 is 0 Å². The number of nitrogens with one attached hydrogen (secondary N) is 4. The number of rotatable bonds is 9. The highest BCUT2D eigenvalue weighted by molar-refractivity contribution is 6.00. The molecule has 4 amide bonds. The van der Waals surface area contributed by atoms with Gasteiger partial charge in [0.15, 0.2) is 23.3 Å². The van der Waals surface area contributed by atoms with E-state index in [9.17, 15) is 23.9 Å². The van der Waals surface area contributed by atoms with E-state index in [2.05, 4.69) is 36.2 Å². The highest BCUT2D eigenvalue weighted by Crippen LogP contribution is 2.45. The van der Waals surface area contributed by atoms with Gasteiger partial charge >= 0.3 is 18.0 Å². The normalized spacial score (nSPS) is 22.1. The number of aromatic nitrogens is 4. The summed E-state index contributed by atoms with van der Waals surface area (Å²) in [6, 6.07) is 11.7. The molecule has 0 bridgehead atoms. The number of carboxylic acids is 1. The molecule has 4 unspecified atom stereocenters. The van der Waals surface area contributed by atoms with Crippen LogP contribution in [-0.2, 0) is 9.47 Å². The first-order valence-corrected chi connectivity index (χ1v) is 14.7. The molecule has 238 valence electrons. The summed E-state index contributed by atoms with van der Waals surface area (Å²) in [5, 5.41) is 19.8. The number of urea groups is 2. The van der Waals surface area contributed by atoms with Gasteiger partial charge in [-0.2, -0.15) is 0 Å². The highest BCUT2D eigenvalue weighted by Gasteiger charge is 2.52. The minimum atomic E-state index is -1.37. The van der Waals surface area contributed by atoms with E-state index in [1.165, 1.54) is 18.5 Å². The van der Waals surface area contributed by atoms with Gasteiger partial charge in [0.05, 0.1) is 29.7 Å². The first kappa shape index (κ1) is 30.6. The molecule has 1 aliphatic heterocycles. The van der Waals surface area contributed by atoms with Crippen LogP contribution in [0.25, 0.3) is 17.2 Å². The second-order valence-electron chi connectivity index (χ2n) is 10.7. The summed E-state index contributed by atoms with van der Waals surface area (Å²) in [6.07, 6.45) is 5.55. The SMILES string of the molecule is CCNC(=O)Nc1ncnc2c1ncn2C1CC(CNC(=O)Nc2c(F)cccc2C(=O)O)C2O[C@H](C=Cc3ccccc3)OC21. The number of benzene rings is 2. The molecule has 14 nitrogen and oxygen atoms in total. The van der Waals surface area contributed by atoms with Gasteiger partial charge in [-0.15, -0.1) is 0 Å². The van der Waals surface area contributed by atoms with E-state index in [-0.39, 0.29) is 29.9 Å². The first-order valence-electron chi connectivity index (χ1n) is 14.7. The quantitative estimate of drug-likeness (QED) is 0.183. The Morgan fingerprint density at radius 1 is 1.00 bits per heavy atom. The molecule has 4 aromatic rings. The number of hydrogen-bond donors (Lipinski definition) is 5. The van der Waals surface area contributed by atoms with Crippen molar-refractivity contribution in [3.05, 3.63) is 84.2 Å². The number of amides is 4. The lowest BCUT2D eigenvalue weighted by Gasteiger charge is -2.20. The molecular formula is C31H31FN8O6. The number of ether oxygens (including phenoxy) is 2. The van der Waals surface area contributed by atoms with Gasteiger partial charge in [0, 0.05) is 19.0 Å². The molecule has 1 saturated carbocycles. The summed E-state index contributed by atoms with van der Waals surface area (Å²) in [7, 11) is 0. The third kappa shape index (κ3) is 6.36. The molecular weight excluding hydrogens is 599 g/mol. The average molecular weight is 631 g/mol. The maximum absolute atomic E-state index is 14.4. The Morgan fingerprint density at radius 3 is 2.57 bits per heavy atom. The number of anilines is 2. The van der Waals surface area contributed by atoms with Gasteiger partial charge in [-0.1, -0.05) is 42.5 Å². The second kappa shape index (κ2) is 13.3. The van der Waals surface area contributed by atoms with Crippen molar-refractivity contribution in [3.63, 3.8) is 0 Å². The van der Waals surface area contributed by atoms with Gasteiger partial charge < -0.3 is 35.1 Å². The van der Waals surface area contributed by atoms with Gasteiger partial charge in [0.25, 0.3) is 0 Å². The van der Waals surface area contributed by atoms with Crippen LogP contribution in [0.2, 0.25) is 0 Å². The summed E-state index contributed by atoms with van der Waals surface area (Å²) in [5.74, 6) is -2.25. The van der Waals surface area contributed by atoms with Crippen molar-refractivity contribution >= 4 is 46.8 Å². The zero-order valence-corrected chi connectivity index (χ0v) is 24.6. The summed E-state index contributed by atoms with van der Waals surface area (Å²) >= 11 is 0. The first-order chi connectivity index (χ1) is 22.3. The fraction of sp³-hybridized carbons (Fsp3) is 0.290. The molecule has 46 heavy (non-hydrogen) atoms. The number of halogens is 1. The van der Waals surface area contributed by atoms with Crippen LogP contribution in [0.4, 0.5) is 25.5 Å². The minimum Gasteiger partial charge on any atom is -0.478 e. The largest absolute Gasteiger partial charge is 0.478 e. The monoisotopic (exact) mass is 630 g/mol. The minimum absolute atomic E-state index is 0.116. The third-order valence-corrected chi connectivity index (χ3v) is 7.83. The topological polar surface area (TPSA) is 182 Å². The Bertz CT molecular complexity index is 1780. The van der Waals surface area contributed by atoms with Crippen molar-refractivity contribution in [1.29, 1.82) is 0 Å². The fourth-order valence-corrected chi connectivity index (χ4v) is 5.79. The Balaban J connectivity index is 1.23. The van der Waals surface area contributed by atoms with E-state index in [4.69, 9.17) is 9.47 Å². The van der Waals surface area contributed by atoms with Gasteiger partial charge in [-0.3, -0.25) is 5.32 Å². The Kier molecular flexibility index (Phi) is 8.85. The number of nitrogens with zero attached hydrogens (tertiary/aromatic N) is 4. The van der Waals surface area contributed by atoms with Gasteiger partial charge in [0.2, 0.25) is 0 Å². The Labute approximate surface area is 262 Å². The van der Waals surface area contributed by atoms with Crippen molar-refractivity contribution < 1.29 is 33.4 Å². The lowest BCUT2D eigenvalue weighted by atomic mass is 10.1. The van der Waals surface area contributed by atoms with Crippen LogP contribution in [0, 0.1) is 11.7 Å². The maximum atomic E-state index is 14.4. The number of imidazole rings is 1. The molecule has 5 N–H and O–H groups in total. The molecule has 1 aliphatic carbocycles. The molecule has 2 aromatic carbocycles. The molecule has 15 heteroatoms. The summed E-state index contributed by atoms with van der Waals surface area (Å²) < 4.78 is 29.0. The van der Waals surface area contributed by atoms with E-state index in [0.717, 1.165) is 11.6 Å². The number of carbonyl (C=O) groups is 3. The molecule has 0 radical (unpaired) electrons. The van der Waals surface area contributed by atoms with Crippen LogP contribution >= 0.6 is 0 Å². The van der Waals surface area contributed by atoms with E-state index < -0.39 is 48.0 Å². The van der Waals surface area contributed by atoms with E-state index in [1.807, 2.05) is 47.1 Å². The van der Waals surface area contributed by atoms with Crippen molar-refractivity contribution in [2.24, 2.45) is 5.92 Å². The van der Waals surface area contributed by atoms with Crippen LogP contribution in [0.15, 0.2) is 67.3 Å². The number of carbonyl (C=O) groups excluding carboxylic acids is 2. The van der Waals surface area contributed by atoms with Crippen LogP contribution < -0.4 is 21.3 Å². The maximum Gasteiger partial charge on any atom is 0.337 e. The molecule has 5 atom stereocenters. The Hall–Kier alpha value is -5.41. The van der Waals surface area contributed by atoms with E-state index in [0.29, 0.717) is 24.1 Å². The predicted molar refractivity (Wildman–Crippen MR) is 165 cm³/mol. The van der Waals surface area contributed by atoms with E-state index in [1.54, 1.807) is 13.3 Å². The fourth-order valence-electron chi connectivity index (χ4n) is 5.79. The molecule has 2 aliphatic rings. The molecule has 2 fully saturated rings. The van der Waals surface area contributed by atoms with Crippen LogP contribution in [-0.4, -0.2) is 74.2 Å². The standard InChI is InChI=1S/C31H31FN8O6/c1-2-33-30(43)39-27-24-28(36-15-35-27)40(16-37-24)21-13-18(14-34-31(44)38-23-19(29(41)42)9-6-10-20(23)32)25-26(21)46-22(45-25)12-11-17-7-4-3-5-8-17/h3-12,15-16,18,21-22,25-26H,2,13-14H2,1H3,(H,41,42)(H2,34,38,44)(H2,33,35,36,39,43)/t18?,21?,22-,25?,26?/m0/s1. The smallest absolute Gasteiger partial charge is 0.337 e.